The van der Waals surface area contributed by atoms with Crippen LogP contribution >= 0.6 is 0 Å². The lowest BCUT2D eigenvalue weighted by molar-refractivity contribution is 0.775. The van der Waals surface area contributed by atoms with Crippen LogP contribution in [0.25, 0.3) is 89.5 Å². The van der Waals surface area contributed by atoms with Crippen molar-refractivity contribution in [3.05, 3.63) is 253 Å². The third-order valence-corrected chi connectivity index (χ3v) is 12.7. The van der Waals surface area contributed by atoms with Gasteiger partial charge in [-0.3, -0.25) is 0 Å². The molecule has 0 aliphatic heterocycles. The smallest absolute Gasteiger partial charge is 0.160 e. The summed E-state index contributed by atoms with van der Waals surface area (Å²) in [7, 11) is 0. The van der Waals surface area contributed by atoms with Crippen molar-refractivity contribution in [2.45, 2.75) is 5.41 Å². The standard InChI is InChI=1S/C59H38N2/c1-4-19-39(20-5-1)42-35-43(40-21-6-2-7-22-40)37-44(36-42)58-60-55(41-23-8-3-9-24-41)38-56(61-58)50-30-18-34-54-57(50)49-29-14-17-33-53(49)59(54)51-31-15-12-27-47(51)45-25-10-11-26-46(45)48-28-13-16-32-52(48)59/h1-38H. The molecule has 1 aromatic heterocycles. The quantitative estimate of drug-likeness (QED) is 0.174. The summed E-state index contributed by atoms with van der Waals surface area (Å²) in [5.74, 6) is 0.686. The second kappa shape index (κ2) is 14.1. The van der Waals surface area contributed by atoms with Gasteiger partial charge in [-0.25, -0.2) is 9.97 Å². The lowest BCUT2D eigenvalue weighted by atomic mass is 9.66. The highest BCUT2D eigenvalue weighted by molar-refractivity contribution is 6.00. The highest BCUT2D eigenvalue weighted by Crippen LogP contribution is 2.62. The minimum Gasteiger partial charge on any atom is -0.228 e. The Bertz CT molecular complexity index is 3170. The molecule has 0 saturated heterocycles. The van der Waals surface area contributed by atoms with Crippen LogP contribution in [0, 0.1) is 0 Å². The van der Waals surface area contributed by atoms with Gasteiger partial charge in [0, 0.05) is 16.7 Å². The molecule has 1 spiro atoms. The van der Waals surface area contributed by atoms with Crippen molar-refractivity contribution in [1.29, 1.82) is 0 Å². The maximum atomic E-state index is 5.58. The molecule has 10 aromatic rings. The molecular formula is C59H38N2. The van der Waals surface area contributed by atoms with Crippen LogP contribution in [0.5, 0.6) is 0 Å². The largest absolute Gasteiger partial charge is 0.228 e. The average Bonchev–Trinajstić information content (AvgIpc) is 3.59. The molecule has 284 valence electrons. The van der Waals surface area contributed by atoms with E-state index in [1.807, 2.05) is 0 Å². The van der Waals surface area contributed by atoms with Gasteiger partial charge in [0.25, 0.3) is 0 Å². The third-order valence-electron chi connectivity index (χ3n) is 12.7. The van der Waals surface area contributed by atoms with E-state index < -0.39 is 5.41 Å². The molecule has 61 heavy (non-hydrogen) atoms. The zero-order chi connectivity index (χ0) is 40.3. The van der Waals surface area contributed by atoms with Crippen LogP contribution in [0.15, 0.2) is 231 Å². The first kappa shape index (κ1) is 35.0. The Balaban J connectivity index is 1.15. The van der Waals surface area contributed by atoms with Gasteiger partial charge in [-0.15, -0.1) is 0 Å². The second-order valence-corrected chi connectivity index (χ2v) is 16.0. The normalized spacial score (nSPS) is 12.7. The highest BCUT2D eigenvalue weighted by Gasteiger charge is 2.50. The molecule has 0 unspecified atom stereocenters. The number of rotatable bonds is 5. The van der Waals surface area contributed by atoms with Crippen LogP contribution in [0.1, 0.15) is 22.3 Å². The SMILES string of the molecule is c1ccc(-c2cc(-c3ccccc3)cc(-c3nc(-c4ccccc4)cc(-c4cccc5c4-c4ccccc4C54c5ccccc5-c5ccccc5-c5ccccc54)n3)c2)cc1. The summed E-state index contributed by atoms with van der Waals surface area (Å²) in [5, 5.41) is 0. The first-order chi connectivity index (χ1) is 30.3. The maximum Gasteiger partial charge on any atom is 0.160 e. The molecule has 2 nitrogen and oxygen atoms in total. The minimum atomic E-state index is -0.582. The molecule has 0 amide bonds. The van der Waals surface area contributed by atoms with Gasteiger partial charge in [-0.2, -0.15) is 0 Å². The molecule has 2 aliphatic rings. The van der Waals surface area contributed by atoms with Gasteiger partial charge in [0.05, 0.1) is 16.8 Å². The summed E-state index contributed by atoms with van der Waals surface area (Å²) < 4.78 is 0. The van der Waals surface area contributed by atoms with E-state index >= 15 is 0 Å². The van der Waals surface area contributed by atoms with Crippen molar-refractivity contribution in [2.75, 3.05) is 0 Å². The Morgan fingerprint density at radius 3 is 1.20 bits per heavy atom. The van der Waals surface area contributed by atoms with Crippen molar-refractivity contribution in [2.24, 2.45) is 0 Å². The van der Waals surface area contributed by atoms with Crippen LogP contribution in [-0.2, 0) is 5.41 Å². The Hall–Kier alpha value is -7.94. The zero-order valence-electron chi connectivity index (χ0n) is 33.3. The van der Waals surface area contributed by atoms with Crippen LogP contribution in [-0.4, -0.2) is 9.97 Å². The number of nitrogens with zero attached hydrogens (tertiary/aromatic N) is 2. The number of benzene rings is 9. The molecule has 0 saturated carbocycles. The summed E-state index contributed by atoms with van der Waals surface area (Å²) in [6.45, 7) is 0. The molecule has 1 heterocycles. The maximum absolute atomic E-state index is 5.58. The molecule has 0 atom stereocenters. The van der Waals surface area contributed by atoms with E-state index in [9.17, 15) is 0 Å². The lowest BCUT2D eigenvalue weighted by Gasteiger charge is -2.35. The fourth-order valence-corrected chi connectivity index (χ4v) is 10.1. The summed E-state index contributed by atoms with van der Waals surface area (Å²) in [4.78, 5) is 11.0. The van der Waals surface area contributed by atoms with E-state index in [2.05, 4.69) is 231 Å². The molecule has 0 bridgehead atoms. The lowest BCUT2D eigenvalue weighted by Crippen LogP contribution is -2.29. The van der Waals surface area contributed by atoms with E-state index in [0.717, 1.165) is 50.3 Å². The summed E-state index contributed by atoms with van der Waals surface area (Å²) in [6.07, 6.45) is 0. The summed E-state index contributed by atoms with van der Waals surface area (Å²) in [6, 6.07) is 83.6. The third kappa shape index (κ3) is 5.50. The molecule has 2 heteroatoms. The van der Waals surface area contributed by atoms with E-state index in [0.29, 0.717) is 5.82 Å². The van der Waals surface area contributed by atoms with Gasteiger partial charge >= 0.3 is 0 Å². The van der Waals surface area contributed by atoms with Crippen molar-refractivity contribution in [3.63, 3.8) is 0 Å². The van der Waals surface area contributed by atoms with Gasteiger partial charge in [0.1, 0.15) is 0 Å². The van der Waals surface area contributed by atoms with Crippen LogP contribution in [0.3, 0.4) is 0 Å². The first-order valence-electron chi connectivity index (χ1n) is 21.0. The highest BCUT2D eigenvalue weighted by atomic mass is 14.9. The number of hydrogen-bond donors (Lipinski definition) is 0. The van der Waals surface area contributed by atoms with Gasteiger partial charge in [0.2, 0.25) is 0 Å². The van der Waals surface area contributed by atoms with Crippen molar-refractivity contribution >= 4 is 0 Å². The van der Waals surface area contributed by atoms with E-state index in [1.54, 1.807) is 0 Å². The average molecular weight is 775 g/mol. The topological polar surface area (TPSA) is 25.8 Å². The van der Waals surface area contributed by atoms with Gasteiger partial charge in [-0.05, 0) is 102 Å². The molecule has 0 fully saturated rings. The first-order valence-corrected chi connectivity index (χ1v) is 21.0. The van der Waals surface area contributed by atoms with Gasteiger partial charge in [-0.1, -0.05) is 206 Å². The Morgan fingerprint density at radius 1 is 0.246 bits per heavy atom. The number of hydrogen-bond acceptors (Lipinski definition) is 2. The summed E-state index contributed by atoms with van der Waals surface area (Å²) in [5.41, 5.74) is 21.4. The van der Waals surface area contributed by atoms with Gasteiger partial charge < -0.3 is 0 Å². The monoisotopic (exact) mass is 774 g/mol. The number of aromatic nitrogens is 2. The van der Waals surface area contributed by atoms with Crippen molar-refractivity contribution in [3.8, 4) is 89.5 Å². The van der Waals surface area contributed by atoms with E-state index in [4.69, 9.17) is 9.97 Å². The molecule has 2 aliphatic carbocycles. The van der Waals surface area contributed by atoms with Crippen molar-refractivity contribution in [1.82, 2.24) is 9.97 Å². The Labute approximate surface area is 356 Å². The predicted octanol–water partition coefficient (Wildman–Crippen LogP) is 14.8. The predicted molar refractivity (Wildman–Crippen MR) is 251 cm³/mol. The molecule has 12 rings (SSSR count). The molecule has 0 N–H and O–H groups in total. The fourth-order valence-electron chi connectivity index (χ4n) is 10.1. The Morgan fingerprint density at radius 2 is 0.639 bits per heavy atom. The number of fused-ring (bicyclic) bond motifs is 12. The summed E-state index contributed by atoms with van der Waals surface area (Å²) >= 11 is 0. The van der Waals surface area contributed by atoms with E-state index in [-0.39, 0.29) is 0 Å². The van der Waals surface area contributed by atoms with E-state index in [1.165, 1.54) is 55.6 Å². The van der Waals surface area contributed by atoms with Crippen LogP contribution < -0.4 is 0 Å². The fraction of sp³-hybridized carbons (Fsp3) is 0.0169. The minimum absolute atomic E-state index is 0.582. The van der Waals surface area contributed by atoms with Crippen molar-refractivity contribution < 1.29 is 0 Å². The molecule has 9 aromatic carbocycles. The molecular weight excluding hydrogens is 737 g/mol. The zero-order valence-corrected chi connectivity index (χ0v) is 33.3. The Kier molecular flexibility index (Phi) is 8.11. The second-order valence-electron chi connectivity index (χ2n) is 16.0. The molecule has 0 radical (unpaired) electrons. The van der Waals surface area contributed by atoms with Crippen LogP contribution in [0.2, 0.25) is 0 Å². The van der Waals surface area contributed by atoms with Crippen LogP contribution in [0.4, 0.5) is 0 Å². The van der Waals surface area contributed by atoms with Gasteiger partial charge in [0.15, 0.2) is 5.82 Å².